The van der Waals surface area contributed by atoms with Gasteiger partial charge in [-0.15, -0.1) is 0 Å². The van der Waals surface area contributed by atoms with Gasteiger partial charge >= 0.3 is 5.97 Å². The number of piperidine rings is 1. The number of hydrogen-bond donors (Lipinski definition) is 0. The van der Waals surface area contributed by atoms with Crippen LogP contribution in [0.4, 0.5) is 11.4 Å². The summed E-state index contributed by atoms with van der Waals surface area (Å²) in [6.07, 6.45) is 3.89. The number of carbonyl (C=O) groups excluding carboxylic acids is 2. The summed E-state index contributed by atoms with van der Waals surface area (Å²) in [7, 11) is 0. The van der Waals surface area contributed by atoms with Crippen LogP contribution in [0.1, 0.15) is 43.0 Å². The van der Waals surface area contributed by atoms with Gasteiger partial charge in [0.1, 0.15) is 5.69 Å². The lowest BCUT2D eigenvalue weighted by Crippen LogP contribution is -2.40. The fourth-order valence-electron chi connectivity index (χ4n) is 3.58. The van der Waals surface area contributed by atoms with E-state index in [1.807, 2.05) is 4.90 Å². The van der Waals surface area contributed by atoms with E-state index in [0.29, 0.717) is 24.7 Å². The SMILES string of the molecule is CC1CCN(C(=O)COC(=O)c2ccc(N3CCCC3)c([N+](=O)[O-])c2)CC1. The molecule has 2 aliphatic rings. The molecule has 8 heteroatoms. The number of anilines is 1. The topological polar surface area (TPSA) is 93.0 Å². The number of likely N-dealkylation sites (tertiary alicyclic amines) is 1. The predicted molar refractivity (Wildman–Crippen MR) is 99.8 cm³/mol. The van der Waals surface area contributed by atoms with Gasteiger partial charge in [-0.25, -0.2) is 4.79 Å². The van der Waals surface area contributed by atoms with Gasteiger partial charge in [0.25, 0.3) is 11.6 Å². The van der Waals surface area contributed by atoms with Crippen LogP contribution in [-0.4, -0.2) is 54.5 Å². The number of ether oxygens (including phenoxy) is 1. The number of hydrogen-bond acceptors (Lipinski definition) is 6. The molecule has 0 aromatic heterocycles. The van der Waals surface area contributed by atoms with Gasteiger partial charge in [0.15, 0.2) is 6.61 Å². The highest BCUT2D eigenvalue weighted by Crippen LogP contribution is 2.31. The van der Waals surface area contributed by atoms with Crippen molar-refractivity contribution < 1.29 is 19.2 Å². The van der Waals surface area contributed by atoms with Crippen molar-refractivity contribution in [2.45, 2.75) is 32.6 Å². The lowest BCUT2D eigenvalue weighted by molar-refractivity contribution is -0.384. The molecule has 146 valence electrons. The van der Waals surface area contributed by atoms with Gasteiger partial charge in [0.2, 0.25) is 0 Å². The predicted octanol–water partition coefficient (Wildman–Crippen LogP) is 2.61. The van der Waals surface area contributed by atoms with Crippen molar-refractivity contribution in [3.05, 3.63) is 33.9 Å². The lowest BCUT2D eigenvalue weighted by atomic mass is 9.99. The molecule has 1 amide bonds. The van der Waals surface area contributed by atoms with Gasteiger partial charge in [-0.1, -0.05) is 6.92 Å². The molecular weight excluding hydrogens is 350 g/mol. The van der Waals surface area contributed by atoms with E-state index < -0.39 is 10.9 Å². The Balaban J connectivity index is 1.63. The zero-order valence-electron chi connectivity index (χ0n) is 15.6. The minimum Gasteiger partial charge on any atom is -0.452 e. The summed E-state index contributed by atoms with van der Waals surface area (Å²) in [6, 6.07) is 4.35. The molecule has 0 aliphatic carbocycles. The fraction of sp³-hybridized carbons (Fsp3) is 0.579. The molecule has 0 bridgehead atoms. The third-order valence-corrected chi connectivity index (χ3v) is 5.32. The minimum atomic E-state index is -0.718. The van der Waals surface area contributed by atoms with E-state index in [4.69, 9.17) is 4.74 Å². The van der Waals surface area contributed by atoms with E-state index in [2.05, 4.69) is 6.92 Å². The zero-order valence-corrected chi connectivity index (χ0v) is 15.6. The smallest absolute Gasteiger partial charge is 0.338 e. The molecular formula is C19H25N3O5. The molecule has 0 radical (unpaired) electrons. The summed E-state index contributed by atoms with van der Waals surface area (Å²) < 4.78 is 5.10. The van der Waals surface area contributed by atoms with Crippen molar-refractivity contribution in [2.75, 3.05) is 37.7 Å². The molecule has 2 heterocycles. The number of rotatable bonds is 5. The van der Waals surface area contributed by atoms with Crippen molar-refractivity contribution in [1.29, 1.82) is 0 Å². The van der Waals surface area contributed by atoms with Crippen LogP contribution in [0.3, 0.4) is 0 Å². The molecule has 1 aromatic rings. The molecule has 2 fully saturated rings. The third-order valence-electron chi connectivity index (χ3n) is 5.32. The van der Waals surface area contributed by atoms with Crippen molar-refractivity contribution in [1.82, 2.24) is 4.90 Å². The molecule has 2 aliphatic heterocycles. The first-order chi connectivity index (χ1) is 13.0. The van der Waals surface area contributed by atoms with E-state index in [1.165, 1.54) is 12.1 Å². The maximum absolute atomic E-state index is 12.3. The summed E-state index contributed by atoms with van der Waals surface area (Å²) >= 11 is 0. The Kier molecular flexibility index (Phi) is 5.93. The number of nitro groups is 1. The number of nitrogens with zero attached hydrogens (tertiary/aromatic N) is 3. The second kappa shape index (κ2) is 8.37. The second-order valence-electron chi connectivity index (χ2n) is 7.29. The van der Waals surface area contributed by atoms with Crippen LogP contribution in [0.5, 0.6) is 0 Å². The first-order valence-electron chi connectivity index (χ1n) is 9.44. The molecule has 0 atom stereocenters. The molecule has 3 rings (SSSR count). The largest absolute Gasteiger partial charge is 0.452 e. The first-order valence-corrected chi connectivity index (χ1v) is 9.44. The van der Waals surface area contributed by atoms with Gasteiger partial charge in [-0.2, -0.15) is 0 Å². The van der Waals surface area contributed by atoms with Crippen molar-refractivity contribution in [3.8, 4) is 0 Å². The Morgan fingerprint density at radius 1 is 1.19 bits per heavy atom. The zero-order chi connectivity index (χ0) is 19.4. The molecule has 0 N–H and O–H groups in total. The Morgan fingerprint density at radius 3 is 2.48 bits per heavy atom. The lowest BCUT2D eigenvalue weighted by Gasteiger charge is -2.30. The summed E-state index contributed by atoms with van der Waals surface area (Å²) in [4.78, 5) is 39.0. The maximum atomic E-state index is 12.3. The highest BCUT2D eigenvalue weighted by atomic mass is 16.6. The maximum Gasteiger partial charge on any atom is 0.338 e. The van der Waals surface area contributed by atoms with Gasteiger partial charge in [0, 0.05) is 32.2 Å². The molecule has 27 heavy (non-hydrogen) atoms. The number of esters is 1. The summed E-state index contributed by atoms with van der Waals surface area (Å²) in [5.41, 5.74) is 0.500. The Labute approximate surface area is 158 Å². The summed E-state index contributed by atoms with van der Waals surface area (Å²) in [6.45, 7) is 4.71. The third kappa shape index (κ3) is 4.56. The van der Waals surface area contributed by atoms with Gasteiger partial charge in [-0.05, 0) is 43.7 Å². The molecule has 0 spiro atoms. The van der Waals surface area contributed by atoms with Crippen LogP contribution in [0.15, 0.2) is 18.2 Å². The summed E-state index contributed by atoms with van der Waals surface area (Å²) in [5, 5.41) is 11.4. The average Bonchev–Trinajstić information content (AvgIpc) is 3.20. The molecule has 2 saturated heterocycles. The van der Waals surface area contributed by atoms with E-state index >= 15 is 0 Å². The van der Waals surface area contributed by atoms with Gasteiger partial charge in [-0.3, -0.25) is 14.9 Å². The monoisotopic (exact) mass is 375 g/mol. The molecule has 1 aromatic carbocycles. The average molecular weight is 375 g/mol. The van der Waals surface area contributed by atoms with E-state index in [9.17, 15) is 19.7 Å². The Hall–Kier alpha value is -2.64. The quantitative estimate of drug-likeness (QED) is 0.446. The van der Waals surface area contributed by atoms with E-state index in [0.717, 1.165) is 38.8 Å². The first kappa shape index (κ1) is 19.1. The van der Waals surface area contributed by atoms with Crippen LogP contribution in [-0.2, 0) is 9.53 Å². The van der Waals surface area contributed by atoms with Crippen LogP contribution >= 0.6 is 0 Å². The Morgan fingerprint density at radius 2 is 1.85 bits per heavy atom. The number of benzene rings is 1. The molecule has 0 unspecified atom stereocenters. The normalized spacial score (nSPS) is 17.8. The fourth-order valence-corrected chi connectivity index (χ4v) is 3.58. The van der Waals surface area contributed by atoms with E-state index in [1.54, 1.807) is 11.0 Å². The minimum absolute atomic E-state index is 0.0877. The van der Waals surface area contributed by atoms with Gasteiger partial charge in [0.05, 0.1) is 10.5 Å². The van der Waals surface area contributed by atoms with Crippen molar-refractivity contribution >= 4 is 23.3 Å². The number of amides is 1. The van der Waals surface area contributed by atoms with Crippen LogP contribution in [0.25, 0.3) is 0 Å². The van der Waals surface area contributed by atoms with Crippen molar-refractivity contribution in [3.63, 3.8) is 0 Å². The van der Waals surface area contributed by atoms with Crippen molar-refractivity contribution in [2.24, 2.45) is 5.92 Å². The van der Waals surface area contributed by atoms with Gasteiger partial charge < -0.3 is 14.5 Å². The summed E-state index contributed by atoms with van der Waals surface area (Å²) in [5.74, 6) is -0.338. The Bertz CT molecular complexity index is 722. The van der Waals surface area contributed by atoms with Crippen LogP contribution in [0.2, 0.25) is 0 Å². The molecule has 8 nitrogen and oxygen atoms in total. The number of carbonyl (C=O) groups is 2. The highest BCUT2D eigenvalue weighted by molar-refractivity contribution is 5.93. The standard InChI is InChI=1S/C19H25N3O5/c1-14-6-10-21(11-7-14)18(23)13-27-19(24)15-4-5-16(17(12-15)22(25)26)20-8-2-3-9-20/h4-5,12,14H,2-3,6-11,13H2,1H3. The highest BCUT2D eigenvalue weighted by Gasteiger charge is 2.25. The molecule has 0 saturated carbocycles. The van der Waals surface area contributed by atoms with Crippen LogP contribution < -0.4 is 4.90 Å². The van der Waals surface area contributed by atoms with Crippen LogP contribution in [0, 0.1) is 16.0 Å². The van der Waals surface area contributed by atoms with E-state index in [-0.39, 0.29) is 23.8 Å². The number of nitro benzene ring substituents is 1. The second-order valence-corrected chi connectivity index (χ2v) is 7.29.